The first-order valence-electron chi connectivity index (χ1n) is 3.59. The Labute approximate surface area is 67.6 Å². The fourth-order valence-corrected chi connectivity index (χ4v) is 0.613. The van der Waals surface area contributed by atoms with Gasteiger partial charge in [0.2, 0.25) is 0 Å². The summed E-state index contributed by atoms with van der Waals surface area (Å²) in [5.74, 6) is 0.109. The molecule has 0 amide bonds. The third kappa shape index (κ3) is 5.40. The monoisotopic (exact) mass is 154 g/mol. The highest BCUT2D eigenvalue weighted by atomic mass is 16.5. The minimum Gasteiger partial charge on any atom is -0.502 e. The Bertz CT molecular complexity index is 159. The molecule has 0 spiro atoms. The van der Waals surface area contributed by atoms with Crippen molar-refractivity contribution < 1.29 is 9.53 Å². The Morgan fingerprint density at radius 3 is 2.73 bits per heavy atom. The van der Waals surface area contributed by atoms with Crippen LogP contribution in [0.5, 0.6) is 0 Å². The average Bonchev–Trinajstić information content (AvgIpc) is 1.97. The molecule has 62 valence electrons. The second kappa shape index (κ2) is 5.71. The number of carbonyl (C=O) groups excluding carboxylic acids is 1. The molecule has 0 rings (SSSR count). The number of allylic oxidation sites excluding steroid dienone is 1. The van der Waals surface area contributed by atoms with Gasteiger partial charge in [0.25, 0.3) is 0 Å². The summed E-state index contributed by atoms with van der Waals surface area (Å²) in [6.07, 6.45) is 2.63. The van der Waals surface area contributed by atoms with Gasteiger partial charge in [0.15, 0.2) is 5.78 Å². The van der Waals surface area contributed by atoms with Crippen molar-refractivity contribution in [1.82, 2.24) is 0 Å². The lowest BCUT2D eigenvalue weighted by Crippen LogP contribution is -2.00. The summed E-state index contributed by atoms with van der Waals surface area (Å²) < 4.78 is 4.85. The topological polar surface area (TPSA) is 26.3 Å². The van der Waals surface area contributed by atoms with Crippen LogP contribution in [0.15, 0.2) is 25.0 Å². The van der Waals surface area contributed by atoms with Gasteiger partial charge in [0.05, 0.1) is 12.9 Å². The van der Waals surface area contributed by atoms with Gasteiger partial charge >= 0.3 is 0 Å². The largest absolute Gasteiger partial charge is 0.502 e. The summed E-state index contributed by atoms with van der Waals surface area (Å²) in [6, 6.07) is 0. The number of ketones is 1. The fourth-order valence-electron chi connectivity index (χ4n) is 0.613. The molecule has 0 atom stereocenters. The van der Waals surface area contributed by atoms with Crippen LogP contribution in [0.25, 0.3) is 0 Å². The van der Waals surface area contributed by atoms with E-state index in [1.807, 2.05) is 0 Å². The molecule has 0 N–H and O–H groups in total. The maximum atomic E-state index is 10.9. The molecule has 0 aliphatic heterocycles. The van der Waals surface area contributed by atoms with Crippen molar-refractivity contribution in [3.05, 3.63) is 25.0 Å². The zero-order chi connectivity index (χ0) is 8.69. The van der Waals surface area contributed by atoms with Gasteiger partial charge in [-0.25, -0.2) is 0 Å². The summed E-state index contributed by atoms with van der Waals surface area (Å²) in [6.45, 7) is 9.21. The molecule has 0 aromatic rings. The van der Waals surface area contributed by atoms with Crippen LogP contribution < -0.4 is 0 Å². The third-order valence-corrected chi connectivity index (χ3v) is 1.26. The van der Waals surface area contributed by atoms with Crippen LogP contribution in [-0.2, 0) is 9.53 Å². The third-order valence-electron chi connectivity index (χ3n) is 1.26. The number of hydrogen-bond acceptors (Lipinski definition) is 2. The second-order valence-electron chi connectivity index (χ2n) is 2.34. The van der Waals surface area contributed by atoms with E-state index in [0.717, 1.165) is 6.42 Å². The minimum absolute atomic E-state index is 0.109. The van der Waals surface area contributed by atoms with Gasteiger partial charge in [0, 0.05) is 6.42 Å². The van der Waals surface area contributed by atoms with Crippen molar-refractivity contribution in [2.45, 2.75) is 19.8 Å². The molecule has 0 aromatic carbocycles. The SMILES string of the molecule is C=COCCCC(=O)C(=C)C. The number of ether oxygens (including phenoxy) is 1. The molecule has 11 heavy (non-hydrogen) atoms. The molecule has 2 heteroatoms. The summed E-state index contributed by atoms with van der Waals surface area (Å²) in [4.78, 5) is 10.9. The Morgan fingerprint density at radius 2 is 2.27 bits per heavy atom. The fraction of sp³-hybridized carbons (Fsp3) is 0.444. The molecule has 2 nitrogen and oxygen atoms in total. The maximum absolute atomic E-state index is 10.9. The Morgan fingerprint density at radius 1 is 1.64 bits per heavy atom. The summed E-state index contributed by atoms with van der Waals surface area (Å²) in [5.41, 5.74) is 0.614. The molecule has 0 aliphatic carbocycles. The zero-order valence-electron chi connectivity index (χ0n) is 6.93. The van der Waals surface area contributed by atoms with Gasteiger partial charge in [-0.05, 0) is 18.9 Å². The molecular weight excluding hydrogens is 140 g/mol. The smallest absolute Gasteiger partial charge is 0.158 e. The van der Waals surface area contributed by atoms with Crippen LogP contribution in [0.1, 0.15) is 19.8 Å². The van der Waals surface area contributed by atoms with Crippen LogP contribution in [0.2, 0.25) is 0 Å². The van der Waals surface area contributed by atoms with Crippen LogP contribution >= 0.6 is 0 Å². The Balaban J connectivity index is 3.31. The van der Waals surface area contributed by atoms with Gasteiger partial charge < -0.3 is 4.74 Å². The van der Waals surface area contributed by atoms with Gasteiger partial charge in [-0.1, -0.05) is 13.2 Å². The lowest BCUT2D eigenvalue weighted by Gasteiger charge is -1.99. The Kier molecular flexibility index (Phi) is 5.17. The lowest BCUT2D eigenvalue weighted by atomic mass is 10.1. The van der Waals surface area contributed by atoms with E-state index in [2.05, 4.69) is 13.2 Å². The van der Waals surface area contributed by atoms with E-state index < -0.39 is 0 Å². The molecule has 0 saturated heterocycles. The lowest BCUT2D eigenvalue weighted by molar-refractivity contribution is -0.115. The highest BCUT2D eigenvalue weighted by Gasteiger charge is 2.00. The first-order valence-corrected chi connectivity index (χ1v) is 3.59. The Hall–Kier alpha value is -1.05. The predicted octanol–water partition coefficient (Wildman–Crippen LogP) is 2.07. The highest BCUT2D eigenvalue weighted by molar-refractivity contribution is 5.93. The van der Waals surface area contributed by atoms with E-state index in [1.54, 1.807) is 6.92 Å². The number of Topliss-reactive ketones (excluding diaryl/α,β-unsaturated/α-hetero) is 1. The molecule has 0 unspecified atom stereocenters. The quantitative estimate of drug-likeness (QED) is 0.332. The van der Waals surface area contributed by atoms with Crippen molar-refractivity contribution in [3.63, 3.8) is 0 Å². The standard InChI is InChI=1S/C9H14O2/c1-4-11-7-5-6-9(10)8(2)3/h4H,1-2,5-7H2,3H3. The summed E-state index contributed by atoms with van der Waals surface area (Å²) in [7, 11) is 0. The van der Waals surface area contributed by atoms with Gasteiger partial charge in [-0.3, -0.25) is 4.79 Å². The zero-order valence-corrected chi connectivity index (χ0v) is 6.93. The van der Waals surface area contributed by atoms with Crippen molar-refractivity contribution in [2.75, 3.05) is 6.61 Å². The normalized spacial score (nSPS) is 8.82. The first kappa shape index (κ1) is 9.95. The van der Waals surface area contributed by atoms with Gasteiger partial charge in [0.1, 0.15) is 0 Å². The highest BCUT2D eigenvalue weighted by Crippen LogP contribution is 1.99. The van der Waals surface area contributed by atoms with E-state index in [1.165, 1.54) is 6.26 Å². The number of rotatable bonds is 6. The van der Waals surface area contributed by atoms with Crippen molar-refractivity contribution in [2.24, 2.45) is 0 Å². The molecule has 0 fully saturated rings. The van der Waals surface area contributed by atoms with Crippen molar-refractivity contribution >= 4 is 5.78 Å². The molecular formula is C9H14O2. The van der Waals surface area contributed by atoms with Crippen LogP contribution in [0.3, 0.4) is 0 Å². The number of hydrogen-bond donors (Lipinski definition) is 0. The number of carbonyl (C=O) groups is 1. The van der Waals surface area contributed by atoms with E-state index in [9.17, 15) is 4.79 Å². The molecule has 0 radical (unpaired) electrons. The summed E-state index contributed by atoms with van der Waals surface area (Å²) in [5, 5.41) is 0. The van der Waals surface area contributed by atoms with E-state index in [0.29, 0.717) is 18.6 Å². The van der Waals surface area contributed by atoms with E-state index in [-0.39, 0.29) is 5.78 Å². The first-order chi connectivity index (χ1) is 5.18. The molecule has 0 saturated carbocycles. The van der Waals surface area contributed by atoms with E-state index in [4.69, 9.17) is 4.74 Å². The van der Waals surface area contributed by atoms with Gasteiger partial charge in [-0.15, -0.1) is 0 Å². The molecule has 0 aromatic heterocycles. The molecule has 0 bridgehead atoms. The van der Waals surface area contributed by atoms with E-state index >= 15 is 0 Å². The minimum atomic E-state index is 0.109. The van der Waals surface area contributed by atoms with Crippen LogP contribution in [-0.4, -0.2) is 12.4 Å². The summed E-state index contributed by atoms with van der Waals surface area (Å²) >= 11 is 0. The maximum Gasteiger partial charge on any atom is 0.158 e. The molecule has 0 aliphatic rings. The van der Waals surface area contributed by atoms with Crippen LogP contribution in [0.4, 0.5) is 0 Å². The van der Waals surface area contributed by atoms with Crippen LogP contribution in [0, 0.1) is 0 Å². The molecule has 0 heterocycles. The average molecular weight is 154 g/mol. The van der Waals surface area contributed by atoms with Crippen molar-refractivity contribution in [3.8, 4) is 0 Å². The second-order valence-corrected chi connectivity index (χ2v) is 2.34. The van der Waals surface area contributed by atoms with Crippen molar-refractivity contribution in [1.29, 1.82) is 0 Å². The van der Waals surface area contributed by atoms with Gasteiger partial charge in [-0.2, -0.15) is 0 Å². The predicted molar refractivity (Wildman–Crippen MR) is 45.2 cm³/mol.